The normalized spacial score (nSPS) is 12.0. The molecule has 0 radical (unpaired) electrons. The van der Waals surface area contributed by atoms with Crippen molar-refractivity contribution < 1.29 is 9.53 Å². The minimum absolute atomic E-state index is 0.137. The van der Waals surface area contributed by atoms with Crippen molar-refractivity contribution in [1.29, 1.82) is 0 Å². The minimum atomic E-state index is 0.137. The van der Waals surface area contributed by atoms with Gasteiger partial charge < -0.3 is 15.4 Å². The predicted octanol–water partition coefficient (Wildman–Crippen LogP) is 2.21. The number of nitrogens with zero attached hydrogens (tertiary/aromatic N) is 1. The Morgan fingerprint density at radius 1 is 1.30 bits per heavy atom. The number of benzene rings is 1. The third kappa shape index (κ3) is 6.06. The zero-order valence-electron chi connectivity index (χ0n) is 12.8. The summed E-state index contributed by atoms with van der Waals surface area (Å²) in [5.41, 5.74) is 7.16. The maximum absolute atomic E-state index is 11.4. The third-order valence-corrected chi connectivity index (χ3v) is 3.25. The van der Waals surface area contributed by atoms with Crippen LogP contribution in [0.2, 0.25) is 0 Å². The highest BCUT2D eigenvalue weighted by Crippen LogP contribution is 2.14. The van der Waals surface area contributed by atoms with Gasteiger partial charge in [0, 0.05) is 26.6 Å². The van der Waals surface area contributed by atoms with E-state index in [1.807, 2.05) is 12.1 Å². The van der Waals surface area contributed by atoms with Gasteiger partial charge in [-0.3, -0.25) is 4.79 Å². The standard InChI is InChI=1S/C16H26N2O2/c1-4-14(17)12-13-7-9-15(10-8-13)20-11-5-6-16(19)18(2)3/h7-10,14H,4-6,11-12,17H2,1-3H3. The Bertz CT molecular complexity index is 401. The van der Waals surface area contributed by atoms with Gasteiger partial charge in [-0.05, 0) is 37.0 Å². The maximum atomic E-state index is 11.4. The van der Waals surface area contributed by atoms with Crippen LogP contribution in [0.25, 0.3) is 0 Å². The lowest BCUT2D eigenvalue weighted by atomic mass is 10.0. The van der Waals surface area contributed by atoms with Gasteiger partial charge in [-0.1, -0.05) is 19.1 Å². The molecule has 0 aliphatic carbocycles. The molecule has 0 fully saturated rings. The lowest BCUT2D eigenvalue weighted by Gasteiger charge is -2.11. The fourth-order valence-corrected chi connectivity index (χ4v) is 1.81. The van der Waals surface area contributed by atoms with Crippen molar-refractivity contribution in [3.63, 3.8) is 0 Å². The van der Waals surface area contributed by atoms with E-state index in [4.69, 9.17) is 10.5 Å². The Hall–Kier alpha value is -1.55. The smallest absolute Gasteiger partial charge is 0.222 e. The van der Waals surface area contributed by atoms with E-state index in [1.54, 1.807) is 19.0 Å². The molecule has 4 heteroatoms. The van der Waals surface area contributed by atoms with Gasteiger partial charge in [0.1, 0.15) is 5.75 Å². The van der Waals surface area contributed by atoms with E-state index in [0.717, 1.165) is 25.0 Å². The van der Waals surface area contributed by atoms with Crippen molar-refractivity contribution >= 4 is 5.91 Å². The van der Waals surface area contributed by atoms with E-state index in [0.29, 0.717) is 13.0 Å². The van der Waals surface area contributed by atoms with Gasteiger partial charge in [-0.15, -0.1) is 0 Å². The van der Waals surface area contributed by atoms with Crippen molar-refractivity contribution in [3.05, 3.63) is 29.8 Å². The molecule has 1 rings (SSSR count). The zero-order chi connectivity index (χ0) is 15.0. The molecule has 0 aliphatic heterocycles. The van der Waals surface area contributed by atoms with Crippen LogP contribution >= 0.6 is 0 Å². The van der Waals surface area contributed by atoms with Gasteiger partial charge in [-0.25, -0.2) is 0 Å². The molecule has 20 heavy (non-hydrogen) atoms. The number of carbonyl (C=O) groups excluding carboxylic acids is 1. The molecule has 0 saturated carbocycles. The summed E-state index contributed by atoms with van der Waals surface area (Å²) >= 11 is 0. The van der Waals surface area contributed by atoms with Crippen molar-refractivity contribution in [3.8, 4) is 5.75 Å². The summed E-state index contributed by atoms with van der Waals surface area (Å²) in [7, 11) is 3.53. The highest BCUT2D eigenvalue weighted by atomic mass is 16.5. The van der Waals surface area contributed by atoms with Crippen LogP contribution in [0.4, 0.5) is 0 Å². The second-order valence-electron chi connectivity index (χ2n) is 5.26. The van der Waals surface area contributed by atoms with E-state index in [1.165, 1.54) is 5.56 Å². The largest absolute Gasteiger partial charge is 0.494 e. The zero-order valence-corrected chi connectivity index (χ0v) is 12.8. The molecular formula is C16H26N2O2. The second kappa shape index (κ2) is 8.59. The predicted molar refractivity (Wildman–Crippen MR) is 81.8 cm³/mol. The number of rotatable bonds is 8. The van der Waals surface area contributed by atoms with Gasteiger partial charge in [0.15, 0.2) is 0 Å². The van der Waals surface area contributed by atoms with E-state index in [-0.39, 0.29) is 11.9 Å². The minimum Gasteiger partial charge on any atom is -0.494 e. The number of hydrogen-bond donors (Lipinski definition) is 1. The Kier molecular flexibility index (Phi) is 7.09. The Morgan fingerprint density at radius 2 is 1.95 bits per heavy atom. The fourth-order valence-electron chi connectivity index (χ4n) is 1.81. The Labute approximate surface area is 121 Å². The van der Waals surface area contributed by atoms with Crippen LogP contribution in [-0.4, -0.2) is 37.6 Å². The first-order valence-electron chi connectivity index (χ1n) is 7.20. The Morgan fingerprint density at radius 3 is 2.50 bits per heavy atom. The highest BCUT2D eigenvalue weighted by molar-refractivity contribution is 5.75. The summed E-state index contributed by atoms with van der Waals surface area (Å²) in [6, 6.07) is 8.25. The van der Waals surface area contributed by atoms with Crippen molar-refractivity contribution in [2.45, 2.75) is 38.6 Å². The Balaban J connectivity index is 2.29. The van der Waals surface area contributed by atoms with Crippen LogP contribution in [0.3, 0.4) is 0 Å². The van der Waals surface area contributed by atoms with E-state index >= 15 is 0 Å². The van der Waals surface area contributed by atoms with Crippen LogP contribution in [0.1, 0.15) is 31.7 Å². The average Bonchev–Trinajstić information content (AvgIpc) is 2.44. The quantitative estimate of drug-likeness (QED) is 0.742. The van der Waals surface area contributed by atoms with Crippen LogP contribution < -0.4 is 10.5 Å². The molecule has 0 aromatic heterocycles. The molecule has 0 bridgehead atoms. The number of ether oxygens (including phenoxy) is 1. The highest BCUT2D eigenvalue weighted by Gasteiger charge is 2.04. The molecule has 2 N–H and O–H groups in total. The molecule has 0 heterocycles. The van der Waals surface area contributed by atoms with E-state index in [2.05, 4.69) is 19.1 Å². The van der Waals surface area contributed by atoms with Crippen LogP contribution in [0, 0.1) is 0 Å². The molecular weight excluding hydrogens is 252 g/mol. The van der Waals surface area contributed by atoms with Gasteiger partial charge in [0.05, 0.1) is 6.61 Å². The first-order valence-corrected chi connectivity index (χ1v) is 7.20. The SMILES string of the molecule is CCC(N)Cc1ccc(OCCCC(=O)N(C)C)cc1. The molecule has 1 aromatic carbocycles. The summed E-state index contributed by atoms with van der Waals surface area (Å²) in [6.45, 7) is 2.66. The molecule has 0 spiro atoms. The first-order chi connectivity index (χ1) is 9.52. The molecule has 4 nitrogen and oxygen atoms in total. The molecule has 1 amide bonds. The molecule has 1 atom stereocenters. The van der Waals surface area contributed by atoms with Crippen molar-refractivity contribution in [2.75, 3.05) is 20.7 Å². The van der Waals surface area contributed by atoms with Crippen LogP contribution in [0.15, 0.2) is 24.3 Å². The fraction of sp³-hybridized carbons (Fsp3) is 0.562. The topological polar surface area (TPSA) is 55.6 Å². The van der Waals surface area contributed by atoms with Crippen LogP contribution in [0.5, 0.6) is 5.75 Å². The van der Waals surface area contributed by atoms with Crippen molar-refractivity contribution in [1.82, 2.24) is 4.90 Å². The first kappa shape index (κ1) is 16.5. The lowest BCUT2D eigenvalue weighted by Crippen LogP contribution is -2.21. The van der Waals surface area contributed by atoms with Gasteiger partial charge in [0.25, 0.3) is 0 Å². The summed E-state index contributed by atoms with van der Waals surface area (Å²) in [5, 5.41) is 0. The summed E-state index contributed by atoms with van der Waals surface area (Å²) < 4.78 is 5.62. The van der Waals surface area contributed by atoms with Crippen molar-refractivity contribution in [2.24, 2.45) is 5.73 Å². The summed E-state index contributed by atoms with van der Waals surface area (Å²) in [4.78, 5) is 13.0. The average molecular weight is 278 g/mol. The van der Waals surface area contributed by atoms with Gasteiger partial charge in [0.2, 0.25) is 5.91 Å². The monoisotopic (exact) mass is 278 g/mol. The molecule has 1 unspecified atom stereocenters. The number of amides is 1. The molecule has 0 saturated heterocycles. The lowest BCUT2D eigenvalue weighted by molar-refractivity contribution is -0.128. The number of hydrogen-bond acceptors (Lipinski definition) is 3. The number of carbonyl (C=O) groups is 1. The van der Waals surface area contributed by atoms with Gasteiger partial charge >= 0.3 is 0 Å². The number of nitrogens with two attached hydrogens (primary N) is 1. The summed E-state index contributed by atoms with van der Waals surface area (Å²) in [5.74, 6) is 0.980. The van der Waals surface area contributed by atoms with E-state index < -0.39 is 0 Å². The summed E-state index contributed by atoms with van der Waals surface area (Å²) in [6.07, 6.45) is 3.14. The second-order valence-corrected chi connectivity index (χ2v) is 5.26. The molecule has 0 aliphatic rings. The maximum Gasteiger partial charge on any atom is 0.222 e. The molecule has 112 valence electrons. The molecule has 1 aromatic rings. The van der Waals surface area contributed by atoms with Gasteiger partial charge in [-0.2, -0.15) is 0 Å². The van der Waals surface area contributed by atoms with E-state index in [9.17, 15) is 4.79 Å². The third-order valence-electron chi connectivity index (χ3n) is 3.25. The van der Waals surface area contributed by atoms with Crippen LogP contribution in [-0.2, 0) is 11.2 Å².